The first-order valence-corrected chi connectivity index (χ1v) is 9.72. The quantitative estimate of drug-likeness (QED) is 0.696. The highest BCUT2D eigenvalue weighted by Gasteiger charge is 2.42. The molecule has 2 aliphatic rings. The maximum atomic E-state index is 13.0. The summed E-state index contributed by atoms with van der Waals surface area (Å²) in [5, 5.41) is 12.9. The predicted molar refractivity (Wildman–Crippen MR) is 101 cm³/mol. The van der Waals surface area contributed by atoms with Crippen molar-refractivity contribution in [3.05, 3.63) is 47.9 Å². The van der Waals surface area contributed by atoms with Crippen LogP contribution >= 0.6 is 0 Å². The van der Waals surface area contributed by atoms with E-state index in [1.54, 1.807) is 18.5 Å². The van der Waals surface area contributed by atoms with Gasteiger partial charge in [-0.2, -0.15) is 0 Å². The zero-order chi connectivity index (χ0) is 19.3. The van der Waals surface area contributed by atoms with Gasteiger partial charge in [-0.1, -0.05) is 19.0 Å². The summed E-state index contributed by atoms with van der Waals surface area (Å²) in [5.74, 6) is 2.69. The van der Waals surface area contributed by atoms with Gasteiger partial charge in [0.1, 0.15) is 5.82 Å². The summed E-state index contributed by atoms with van der Waals surface area (Å²) in [7, 11) is 0. The van der Waals surface area contributed by atoms with Gasteiger partial charge in [-0.25, -0.2) is 0 Å². The number of hydrogen-bond acceptors (Lipinski definition) is 6. The van der Waals surface area contributed by atoms with E-state index in [4.69, 9.17) is 4.52 Å². The van der Waals surface area contributed by atoms with Crippen molar-refractivity contribution >= 4 is 5.91 Å². The summed E-state index contributed by atoms with van der Waals surface area (Å²) < 4.78 is 7.54. The summed E-state index contributed by atoms with van der Waals surface area (Å²) in [6, 6.07) is 5.83. The highest BCUT2D eigenvalue weighted by Crippen LogP contribution is 2.39. The Bertz CT molecular complexity index is 1010. The van der Waals surface area contributed by atoms with Crippen LogP contribution in [0, 0.1) is 5.92 Å². The molecular formula is C20H22N6O2. The van der Waals surface area contributed by atoms with Gasteiger partial charge in [0.25, 0.3) is 5.91 Å². The Hall–Kier alpha value is -3.03. The first-order valence-electron chi connectivity index (χ1n) is 9.72. The maximum Gasteiger partial charge on any atom is 0.292 e. The van der Waals surface area contributed by atoms with Crippen LogP contribution in [0.4, 0.5) is 0 Å². The fraction of sp³-hybridized carbons (Fsp3) is 0.450. The number of amides is 1. The van der Waals surface area contributed by atoms with E-state index in [-0.39, 0.29) is 17.9 Å². The van der Waals surface area contributed by atoms with Crippen LogP contribution in [0.3, 0.4) is 0 Å². The van der Waals surface area contributed by atoms with Crippen molar-refractivity contribution in [2.45, 2.75) is 38.6 Å². The van der Waals surface area contributed by atoms with Crippen LogP contribution in [0.25, 0.3) is 11.4 Å². The first kappa shape index (κ1) is 17.1. The lowest BCUT2D eigenvalue weighted by molar-refractivity contribution is 0.0742. The zero-order valence-corrected chi connectivity index (χ0v) is 15.9. The van der Waals surface area contributed by atoms with E-state index in [2.05, 4.69) is 24.9 Å². The van der Waals surface area contributed by atoms with Gasteiger partial charge in [0.15, 0.2) is 5.82 Å². The molecule has 0 radical (unpaired) electrons. The minimum atomic E-state index is -0.0890. The molecule has 0 N–H and O–H groups in total. The highest BCUT2D eigenvalue weighted by molar-refractivity contribution is 5.91. The molecule has 0 aliphatic carbocycles. The van der Waals surface area contributed by atoms with Crippen LogP contribution in [0.2, 0.25) is 0 Å². The summed E-state index contributed by atoms with van der Waals surface area (Å²) in [6.45, 7) is 5.41. The molecule has 2 atom stereocenters. The predicted octanol–water partition coefficient (Wildman–Crippen LogP) is 2.71. The molecule has 3 aromatic heterocycles. The van der Waals surface area contributed by atoms with Crippen molar-refractivity contribution in [2.75, 3.05) is 13.1 Å². The molecule has 2 aliphatic heterocycles. The Morgan fingerprint density at radius 3 is 2.79 bits per heavy atom. The van der Waals surface area contributed by atoms with Gasteiger partial charge >= 0.3 is 0 Å². The van der Waals surface area contributed by atoms with E-state index in [0.29, 0.717) is 24.8 Å². The van der Waals surface area contributed by atoms with Gasteiger partial charge in [-0.3, -0.25) is 9.78 Å². The molecule has 0 bridgehead atoms. The number of aromatic nitrogens is 5. The largest absolute Gasteiger partial charge is 0.351 e. The number of carbonyl (C=O) groups is 1. The smallest absolute Gasteiger partial charge is 0.292 e. The molecule has 1 fully saturated rings. The minimum Gasteiger partial charge on any atom is -0.351 e. The van der Waals surface area contributed by atoms with Gasteiger partial charge < -0.3 is 14.0 Å². The Morgan fingerprint density at radius 2 is 2.04 bits per heavy atom. The summed E-state index contributed by atoms with van der Waals surface area (Å²) in [4.78, 5) is 18.9. The summed E-state index contributed by atoms with van der Waals surface area (Å²) in [5.41, 5.74) is 1.80. The van der Waals surface area contributed by atoms with E-state index < -0.39 is 0 Å². The van der Waals surface area contributed by atoms with E-state index in [0.717, 1.165) is 35.7 Å². The van der Waals surface area contributed by atoms with Crippen molar-refractivity contribution < 1.29 is 9.32 Å². The standard InChI is InChI=1S/C20H22N6O2/c1-12(2)15-9-17(28-24-15)20(27)25-10-14-3-4-18-22-23-19(26(18)16(14)11-25)13-5-7-21-8-6-13/h5-9,12,14,16H,3-4,10-11H2,1-2H3/t14-,16+/m1/s1. The van der Waals surface area contributed by atoms with Crippen LogP contribution in [-0.2, 0) is 6.42 Å². The molecule has 1 saturated heterocycles. The van der Waals surface area contributed by atoms with E-state index in [1.165, 1.54) is 0 Å². The van der Waals surface area contributed by atoms with Crippen molar-refractivity contribution in [3.8, 4) is 11.4 Å². The second-order valence-electron chi connectivity index (χ2n) is 7.89. The monoisotopic (exact) mass is 378 g/mol. The topological polar surface area (TPSA) is 89.9 Å². The Kier molecular flexibility index (Phi) is 3.99. The maximum absolute atomic E-state index is 13.0. The minimum absolute atomic E-state index is 0.0890. The van der Waals surface area contributed by atoms with Crippen molar-refractivity contribution in [3.63, 3.8) is 0 Å². The average Bonchev–Trinajstić information content (AvgIpc) is 3.44. The molecule has 28 heavy (non-hydrogen) atoms. The Balaban J connectivity index is 1.43. The number of rotatable bonds is 3. The zero-order valence-electron chi connectivity index (χ0n) is 15.9. The number of carbonyl (C=O) groups excluding carboxylic acids is 1. The fourth-order valence-corrected chi connectivity index (χ4v) is 4.27. The van der Waals surface area contributed by atoms with Crippen molar-refractivity contribution in [1.29, 1.82) is 0 Å². The average molecular weight is 378 g/mol. The molecule has 0 aromatic carbocycles. The fourth-order valence-electron chi connectivity index (χ4n) is 4.27. The molecule has 8 nitrogen and oxygen atoms in total. The number of pyridine rings is 1. The van der Waals surface area contributed by atoms with Crippen LogP contribution in [-0.4, -0.2) is 48.8 Å². The van der Waals surface area contributed by atoms with E-state index in [9.17, 15) is 4.79 Å². The molecule has 1 amide bonds. The lowest BCUT2D eigenvalue weighted by Gasteiger charge is -2.27. The number of likely N-dealkylation sites (tertiary alicyclic amines) is 1. The number of aryl methyl sites for hydroxylation is 1. The second-order valence-corrected chi connectivity index (χ2v) is 7.89. The summed E-state index contributed by atoms with van der Waals surface area (Å²) in [6.07, 6.45) is 5.41. The molecule has 0 saturated carbocycles. The molecule has 144 valence electrons. The van der Waals surface area contributed by atoms with E-state index in [1.807, 2.05) is 30.9 Å². The van der Waals surface area contributed by atoms with Gasteiger partial charge in [0.05, 0.1) is 11.7 Å². The van der Waals surface area contributed by atoms with Gasteiger partial charge in [-0.15, -0.1) is 10.2 Å². The van der Waals surface area contributed by atoms with Crippen LogP contribution in [0.5, 0.6) is 0 Å². The summed E-state index contributed by atoms with van der Waals surface area (Å²) >= 11 is 0. The van der Waals surface area contributed by atoms with Gasteiger partial charge in [-0.05, 0) is 30.4 Å². The number of hydrogen-bond donors (Lipinski definition) is 0. The first-order chi connectivity index (χ1) is 13.6. The van der Waals surface area contributed by atoms with Gasteiger partial charge in [0, 0.05) is 43.5 Å². The van der Waals surface area contributed by atoms with Crippen LogP contribution in [0.15, 0.2) is 35.1 Å². The van der Waals surface area contributed by atoms with E-state index >= 15 is 0 Å². The SMILES string of the molecule is CC(C)c1cc(C(=O)N2C[C@H]3CCc4nnc(-c5ccncc5)n4[C@H]3C2)on1. The molecule has 8 heteroatoms. The normalized spacial score (nSPS) is 21.0. The Morgan fingerprint density at radius 1 is 1.21 bits per heavy atom. The lowest BCUT2D eigenvalue weighted by atomic mass is 9.93. The molecule has 3 aromatic rings. The molecule has 0 spiro atoms. The molecule has 5 heterocycles. The third-order valence-corrected chi connectivity index (χ3v) is 5.80. The third kappa shape index (κ3) is 2.71. The lowest BCUT2D eigenvalue weighted by Crippen LogP contribution is -2.29. The highest BCUT2D eigenvalue weighted by atomic mass is 16.5. The van der Waals surface area contributed by atoms with Crippen LogP contribution in [0.1, 0.15) is 54.3 Å². The van der Waals surface area contributed by atoms with Gasteiger partial charge in [0.2, 0.25) is 5.76 Å². The Labute approximate surface area is 162 Å². The third-order valence-electron chi connectivity index (χ3n) is 5.80. The second kappa shape index (κ2) is 6.54. The molecule has 0 unspecified atom stereocenters. The van der Waals surface area contributed by atoms with Crippen molar-refractivity contribution in [2.24, 2.45) is 5.92 Å². The molecule has 5 rings (SSSR count). The number of nitrogens with zero attached hydrogens (tertiary/aromatic N) is 6. The number of fused-ring (bicyclic) bond motifs is 3. The molecular weight excluding hydrogens is 356 g/mol. The van der Waals surface area contributed by atoms with Crippen molar-refractivity contribution in [1.82, 2.24) is 29.8 Å². The van der Waals surface area contributed by atoms with Crippen LogP contribution < -0.4 is 0 Å².